The SMILES string of the molecule is Cc1ccc(C)c(-n2c(SCC(=O)NC3CCCCC3C)nc3sc4c(c3c2=O)CCCC4)c1. The number of hydrogen-bond acceptors (Lipinski definition) is 5. The third-order valence-electron chi connectivity index (χ3n) is 7.35. The van der Waals surface area contributed by atoms with Crippen molar-refractivity contribution in [2.45, 2.75) is 83.3 Å². The van der Waals surface area contributed by atoms with Crippen LogP contribution < -0.4 is 10.9 Å². The Morgan fingerprint density at radius 1 is 1.18 bits per heavy atom. The molecule has 0 spiro atoms. The summed E-state index contributed by atoms with van der Waals surface area (Å²) in [6, 6.07) is 6.42. The quantitative estimate of drug-likeness (QED) is 0.363. The summed E-state index contributed by atoms with van der Waals surface area (Å²) in [5, 5.41) is 4.63. The molecule has 1 amide bonds. The summed E-state index contributed by atoms with van der Waals surface area (Å²) in [5.41, 5.74) is 4.18. The first-order chi connectivity index (χ1) is 16.4. The van der Waals surface area contributed by atoms with Crippen LogP contribution in [0.4, 0.5) is 0 Å². The highest BCUT2D eigenvalue weighted by molar-refractivity contribution is 7.99. The van der Waals surface area contributed by atoms with Crippen LogP contribution in [0.1, 0.15) is 67.0 Å². The summed E-state index contributed by atoms with van der Waals surface area (Å²) < 4.78 is 1.76. The van der Waals surface area contributed by atoms with Gasteiger partial charge in [0.25, 0.3) is 5.56 Å². The maximum absolute atomic E-state index is 14.0. The minimum atomic E-state index is 0.00177. The normalized spacial score (nSPS) is 20.3. The molecule has 180 valence electrons. The first kappa shape index (κ1) is 23.6. The Balaban J connectivity index is 1.53. The number of nitrogens with zero attached hydrogens (tertiary/aromatic N) is 2. The highest BCUT2D eigenvalue weighted by Crippen LogP contribution is 2.35. The molecule has 1 fully saturated rings. The molecule has 34 heavy (non-hydrogen) atoms. The van der Waals surface area contributed by atoms with Crippen LogP contribution in [0.5, 0.6) is 0 Å². The molecule has 2 aromatic heterocycles. The molecule has 1 saturated carbocycles. The van der Waals surface area contributed by atoms with E-state index in [1.807, 2.05) is 13.8 Å². The highest BCUT2D eigenvalue weighted by Gasteiger charge is 2.25. The summed E-state index contributed by atoms with van der Waals surface area (Å²) >= 11 is 3.04. The van der Waals surface area contributed by atoms with Crippen LogP contribution >= 0.6 is 23.1 Å². The number of fused-ring (bicyclic) bond motifs is 3. The standard InChI is InChI=1S/C27H33N3O2S2/c1-16-12-13-18(3)21(14-16)30-26(32)24-19-9-5-7-11-22(19)34-25(24)29-27(30)33-15-23(31)28-20-10-6-4-8-17(20)2/h12-14,17,20H,4-11,15H2,1-3H3,(H,28,31). The monoisotopic (exact) mass is 495 g/mol. The molecule has 0 aliphatic heterocycles. The fraction of sp³-hybridized carbons (Fsp3) is 0.519. The molecule has 1 aromatic carbocycles. The largest absolute Gasteiger partial charge is 0.352 e. The van der Waals surface area contributed by atoms with Gasteiger partial charge in [0.05, 0.1) is 16.8 Å². The van der Waals surface area contributed by atoms with E-state index in [9.17, 15) is 9.59 Å². The van der Waals surface area contributed by atoms with Crippen LogP contribution in [0.2, 0.25) is 0 Å². The molecule has 7 heteroatoms. The molecular weight excluding hydrogens is 462 g/mol. The van der Waals surface area contributed by atoms with E-state index in [0.717, 1.165) is 52.7 Å². The summed E-state index contributed by atoms with van der Waals surface area (Å²) in [4.78, 5) is 33.9. The Labute approximate surface area is 209 Å². The molecule has 2 heterocycles. The van der Waals surface area contributed by atoms with Gasteiger partial charge in [-0.15, -0.1) is 11.3 Å². The number of benzene rings is 1. The summed E-state index contributed by atoms with van der Waals surface area (Å²) in [6.07, 6.45) is 8.93. The van der Waals surface area contributed by atoms with Crippen LogP contribution in [0, 0.1) is 19.8 Å². The van der Waals surface area contributed by atoms with E-state index in [1.54, 1.807) is 15.9 Å². The first-order valence-corrected chi connectivity index (χ1v) is 14.3. The second-order valence-corrected chi connectivity index (χ2v) is 12.0. The maximum Gasteiger partial charge on any atom is 0.267 e. The Morgan fingerprint density at radius 3 is 2.79 bits per heavy atom. The Kier molecular flexibility index (Phi) is 6.85. The van der Waals surface area contributed by atoms with Crippen LogP contribution in [-0.4, -0.2) is 27.3 Å². The Hall–Kier alpha value is -2.12. The van der Waals surface area contributed by atoms with Crippen molar-refractivity contribution in [3.63, 3.8) is 0 Å². The molecule has 3 aromatic rings. The number of carbonyl (C=O) groups excluding carboxylic acids is 1. The van der Waals surface area contributed by atoms with Crippen molar-refractivity contribution >= 4 is 39.2 Å². The van der Waals surface area contributed by atoms with E-state index in [1.165, 1.54) is 47.9 Å². The molecule has 2 aliphatic carbocycles. The van der Waals surface area contributed by atoms with Crippen molar-refractivity contribution in [3.8, 4) is 5.69 Å². The molecule has 2 aliphatic rings. The van der Waals surface area contributed by atoms with Crippen LogP contribution in [0.25, 0.3) is 15.9 Å². The predicted octanol–water partition coefficient (Wildman–Crippen LogP) is 5.73. The van der Waals surface area contributed by atoms with Gasteiger partial charge >= 0.3 is 0 Å². The van der Waals surface area contributed by atoms with Crippen molar-refractivity contribution < 1.29 is 4.79 Å². The summed E-state index contributed by atoms with van der Waals surface area (Å²) in [6.45, 7) is 6.29. The van der Waals surface area contributed by atoms with E-state index in [4.69, 9.17) is 4.98 Å². The lowest BCUT2D eigenvalue weighted by Crippen LogP contribution is -2.41. The average Bonchev–Trinajstić information content (AvgIpc) is 3.20. The van der Waals surface area contributed by atoms with Gasteiger partial charge < -0.3 is 5.32 Å². The van der Waals surface area contributed by atoms with Crippen LogP contribution in [0.15, 0.2) is 28.2 Å². The molecule has 0 radical (unpaired) electrons. The number of aromatic nitrogens is 2. The van der Waals surface area contributed by atoms with Gasteiger partial charge in [-0.3, -0.25) is 14.2 Å². The topological polar surface area (TPSA) is 64.0 Å². The number of carbonyl (C=O) groups is 1. The molecular formula is C27H33N3O2S2. The number of thiophene rings is 1. The van der Waals surface area contributed by atoms with Gasteiger partial charge in [0, 0.05) is 10.9 Å². The van der Waals surface area contributed by atoms with E-state index in [-0.39, 0.29) is 23.3 Å². The second-order valence-electron chi connectivity index (χ2n) is 9.94. The summed E-state index contributed by atoms with van der Waals surface area (Å²) in [7, 11) is 0. The second kappa shape index (κ2) is 9.86. The molecule has 5 nitrogen and oxygen atoms in total. The maximum atomic E-state index is 14.0. The average molecular weight is 496 g/mol. The molecule has 2 unspecified atom stereocenters. The number of aryl methyl sites for hydroxylation is 4. The lowest BCUT2D eigenvalue weighted by molar-refractivity contribution is -0.119. The minimum Gasteiger partial charge on any atom is -0.352 e. The molecule has 5 rings (SSSR count). The van der Waals surface area contributed by atoms with E-state index in [2.05, 4.69) is 30.4 Å². The van der Waals surface area contributed by atoms with Crippen molar-refractivity contribution in [3.05, 3.63) is 50.1 Å². The minimum absolute atomic E-state index is 0.00177. The van der Waals surface area contributed by atoms with Gasteiger partial charge in [-0.2, -0.15) is 0 Å². The zero-order chi connectivity index (χ0) is 23.8. The van der Waals surface area contributed by atoms with Gasteiger partial charge in [0.2, 0.25) is 5.91 Å². The van der Waals surface area contributed by atoms with E-state index < -0.39 is 0 Å². The van der Waals surface area contributed by atoms with Crippen molar-refractivity contribution in [1.82, 2.24) is 14.9 Å². The molecule has 0 saturated heterocycles. The van der Waals surface area contributed by atoms with Crippen molar-refractivity contribution in [2.24, 2.45) is 5.92 Å². The van der Waals surface area contributed by atoms with E-state index >= 15 is 0 Å². The van der Waals surface area contributed by atoms with Crippen LogP contribution in [0.3, 0.4) is 0 Å². The zero-order valence-electron chi connectivity index (χ0n) is 20.3. The fourth-order valence-corrected chi connectivity index (χ4v) is 7.48. The van der Waals surface area contributed by atoms with Gasteiger partial charge in [-0.25, -0.2) is 4.98 Å². The fourth-order valence-electron chi connectivity index (χ4n) is 5.37. The molecule has 1 N–H and O–H groups in total. The third kappa shape index (κ3) is 4.57. The smallest absolute Gasteiger partial charge is 0.267 e. The number of nitrogens with one attached hydrogen (secondary N) is 1. The predicted molar refractivity (Wildman–Crippen MR) is 142 cm³/mol. The van der Waals surface area contributed by atoms with Crippen molar-refractivity contribution in [1.29, 1.82) is 0 Å². The highest BCUT2D eigenvalue weighted by atomic mass is 32.2. The number of amides is 1. The lowest BCUT2D eigenvalue weighted by atomic mass is 9.86. The van der Waals surface area contributed by atoms with Crippen LogP contribution in [-0.2, 0) is 17.6 Å². The van der Waals surface area contributed by atoms with Gasteiger partial charge in [-0.05, 0) is 81.0 Å². The van der Waals surface area contributed by atoms with E-state index in [0.29, 0.717) is 11.1 Å². The molecule has 0 bridgehead atoms. The number of thioether (sulfide) groups is 1. The lowest BCUT2D eigenvalue weighted by Gasteiger charge is -2.29. The van der Waals surface area contributed by atoms with Crippen molar-refractivity contribution in [2.75, 3.05) is 5.75 Å². The number of rotatable bonds is 5. The molecule has 2 atom stereocenters. The Morgan fingerprint density at radius 2 is 1.97 bits per heavy atom. The number of hydrogen-bond donors (Lipinski definition) is 1. The van der Waals surface area contributed by atoms with Gasteiger partial charge in [0.15, 0.2) is 5.16 Å². The summed E-state index contributed by atoms with van der Waals surface area (Å²) in [5.74, 6) is 0.802. The Bertz CT molecular complexity index is 1290. The van der Waals surface area contributed by atoms with Gasteiger partial charge in [-0.1, -0.05) is 43.7 Å². The van der Waals surface area contributed by atoms with Gasteiger partial charge in [0.1, 0.15) is 4.83 Å². The third-order valence-corrected chi connectivity index (χ3v) is 9.48. The zero-order valence-corrected chi connectivity index (χ0v) is 21.9. The first-order valence-electron chi connectivity index (χ1n) is 12.5.